The van der Waals surface area contributed by atoms with Gasteiger partial charge in [0.25, 0.3) is 0 Å². The fraction of sp³-hybridized carbons (Fsp3) is 0.167. The standard InChI is InChI=1S/C12H10O4/c13-7-11-5-3-9(15-11)1-2-10-4-6-12(8-14)16-10/h3-8H,1-2H2. The minimum Gasteiger partial charge on any atom is -0.458 e. The van der Waals surface area contributed by atoms with Gasteiger partial charge in [0.15, 0.2) is 24.1 Å². The lowest BCUT2D eigenvalue weighted by atomic mass is 10.2. The van der Waals surface area contributed by atoms with Gasteiger partial charge >= 0.3 is 0 Å². The molecule has 0 aromatic carbocycles. The van der Waals surface area contributed by atoms with Gasteiger partial charge in [0.05, 0.1) is 0 Å². The molecule has 4 heteroatoms. The summed E-state index contributed by atoms with van der Waals surface area (Å²) in [6.07, 6.45) is 2.61. The Balaban J connectivity index is 1.96. The number of carbonyl (C=O) groups excluding carboxylic acids is 2. The smallest absolute Gasteiger partial charge is 0.185 e. The SMILES string of the molecule is O=Cc1ccc(CCc2ccc(C=O)o2)o1. The number of carbonyl (C=O) groups is 2. The van der Waals surface area contributed by atoms with E-state index in [1.54, 1.807) is 24.3 Å². The Bertz CT molecular complexity index is 446. The third-order valence-electron chi connectivity index (χ3n) is 2.21. The molecule has 0 fully saturated rings. The number of aldehydes is 2. The summed E-state index contributed by atoms with van der Waals surface area (Å²) >= 11 is 0. The summed E-state index contributed by atoms with van der Waals surface area (Å²) in [5.74, 6) is 2.10. The van der Waals surface area contributed by atoms with Crippen molar-refractivity contribution in [3.63, 3.8) is 0 Å². The molecule has 0 amide bonds. The normalized spacial score (nSPS) is 10.2. The molecule has 0 bridgehead atoms. The summed E-state index contributed by atoms with van der Waals surface area (Å²) < 4.78 is 10.4. The Kier molecular flexibility index (Phi) is 3.00. The average Bonchev–Trinajstić information content (AvgIpc) is 2.95. The van der Waals surface area contributed by atoms with Crippen LogP contribution in [-0.2, 0) is 12.8 Å². The van der Waals surface area contributed by atoms with Crippen molar-refractivity contribution >= 4 is 12.6 Å². The van der Waals surface area contributed by atoms with Crippen LogP contribution in [0.3, 0.4) is 0 Å². The average molecular weight is 218 g/mol. The second-order valence-corrected chi connectivity index (χ2v) is 3.34. The zero-order valence-electron chi connectivity index (χ0n) is 8.51. The van der Waals surface area contributed by atoms with Crippen molar-refractivity contribution in [2.45, 2.75) is 12.8 Å². The van der Waals surface area contributed by atoms with E-state index in [2.05, 4.69) is 0 Å². The van der Waals surface area contributed by atoms with Crippen molar-refractivity contribution in [3.05, 3.63) is 47.3 Å². The molecule has 16 heavy (non-hydrogen) atoms. The first kappa shape index (κ1) is 10.4. The summed E-state index contributed by atoms with van der Waals surface area (Å²) in [5.41, 5.74) is 0. The summed E-state index contributed by atoms with van der Waals surface area (Å²) in [6, 6.07) is 6.77. The van der Waals surface area contributed by atoms with Crippen LogP contribution in [0.4, 0.5) is 0 Å². The molecule has 0 atom stereocenters. The minimum atomic E-state index is 0.322. The molecule has 0 saturated heterocycles. The first-order valence-electron chi connectivity index (χ1n) is 4.89. The van der Waals surface area contributed by atoms with Crippen LogP contribution in [0.15, 0.2) is 33.1 Å². The van der Waals surface area contributed by atoms with Crippen molar-refractivity contribution in [2.75, 3.05) is 0 Å². The van der Waals surface area contributed by atoms with Gasteiger partial charge in [-0.05, 0) is 24.3 Å². The molecular formula is C12H10O4. The molecule has 0 aliphatic carbocycles. The Hall–Kier alpha value is -2.10. The van der Waals surface area contributed by atoms with Gasteiger partial charge in [-0.3, -0.25) is 9.59 Å². The number of hydrogen-bond donors (Lipinski definition) is 0. The highest BCUT2D eigenvalue weighted by molar-refractivity contribution is 5.70. The monoisotopic (exact) mass is 218 g/mol. The zero-order valence-corrected chi connectivity index (χ0v) is 8.51. The van der Waals surface area contributed by atoms with Gasteiger partial charge in [0.2, 0.25) is 0 Å². The lowest BCUT2D eigenvalue weighted by Crippen LogP contribution is -1.87. The Labute approximate surface area is 91.9 Å². The van der Waals surface area contributed by atoms with Crippen LogP contribution in [0.5, 0.6) is 0 Å². The summed E-state index contributed by atoms with van der Waals surface area (Å²) in [4.78, 5) is 20.8. The van der Waals surface area contributed by atoms with E-state index in [0.717, 1.165) is 11.5 Å². The molecule has 0 saturated carbocycles. The van der Waals surface area contributed by atoms with Gasteiger partial charge in [-0.2, -0.15) is 0 Å². The van der Waals surface area contributed by atoms with Crippen molar-refractivity contribution in [3.8, 4) is 0 Å². The van der Waals surface area contributed by atoms with E-state index in [-0.39, 0.29) is 0 Å². The zero-order chi connectivity index (χ0) is 11.4. The Morgan fingerprint density at radius 1 is 0.812 bits per heavy atom. The predicted molar refractivity (Wildman–Crippen MR) is 55.6 cm³/mol. The lowest BCUT2D eigenvalue weighted by Gasteiger charge is -1.93. The van der Waals surface area contributed by atoms with Crippen LogP contribution in [0.2, 0.25) is 0 Å². The molecule has 0 N–H and O–H groups in total. The van der Waals surface area contributed by atoms with E-state index in [4.69, 9.17) is 8.83 Å². The van der Waals surface area contributed by atoms with E-state index in [9.17, 15) is 9.59 Å². The van der Waals surface area contributed by atoms with Crippen molar-refractivity contribution in [1.29, 1.82) is 0 Å². The Morgan fingerprint density at radius 2 is 1.25 bits per heavy atom. The maximum Gasteiger partial charge on any atom is 0.185 e. The van der Waals surface area contributed by atoms with Crippen LogP contribution in [0, 0.1) is 0 Å². The molecular weight excluding hydrogens is 208 g/mol. The molecule has 0 aliphatic heterocycles. The molecule has 82 valence electrons. The van der Waals surface area contributed by atoms with Gasteiger partial charge in [0.1, 0.15) is 11.5 Å². The third-order valence-corrected chi connectivity index (χ3v) is 2.21. The molecule has 0 aliphatic rings. The van der Waals surface area contributed by atoms with Crippen molar-refractivity contribution in [1.82, 2.24) is 0 Å². The topological polar surface area (TPSA) is 60.4 Å². The van der Waals surface area contributed by atoms with E-state index in [1.807, 2.05) is 0 Å². The van der Waals surface area contributed by atoms with Crippen molar-refractivity contribution < 1.29 is 18.4 Å². The highest BCUT2D eigenvalue weighted by Crippen LogP contribution is 2.12. The molecule has 2 heterocycles. The molecule has 0 spiro atoms. The van der Waals surface area contributed by atoms with Crippen LogP contribution in [0.25, 0.3) is 0 Å². The number of aryl methyl sites for hydroxylation is 2. The number of rotatable bonds is 5. The molecule has 2 rings (SSSR count). The summed E-state index contributed by atoms with van der Waals surface area (Å²) in [6.45, 7) is 0. The lowest BCUT2D eigenvalue weighted by molar-refractivity contribution is 0.109. The molecule has 0 radical (unpaired) electrons. The fourth-order valence-electron chi connectivity index (χ4n) is 1.43. The summed E-state index contributed by atoms with van der Waals surface area (Å²) in [5, 5.41) is 0. The first-order valence-corrected chi connectivity index (χ1v) is 4.89. The Morgan fingerprint density at radius 3 is 1.56 bits per heavy atom. The number of furan rings is 2. The second kappa shape index (κ2) is 4.61. The highest BCUT2D eigenvalue weighted by atomic mass is 16.4. The third kappa shape index (κ3) is 2.28. The molecule has 2 aromatic rings. The molecule has 2 aromatic heterocycles. The van der Waals surface area contributed by atoms with Crippen molar-refractivity contribution in [2.24, 2.45) is 0 Å². The van der Waals surface area contributed by atoms with Gasteiger partial charge in [0, 0.05) is 12.8 Å². The van der Waals surface area contributed by atoms with Crippen LogP contribution in [0.1, 0.15) is 32.6 Å². The maximum absolute atomic E-state index is 10.4. The minimum absolute atomic E-state index is 0.322. The van der Waals surface area contributed by atoms with Gasteiger partial charge in [-0.25, -0.2) is 0 Å². The quantitative estimate of drug-likeness (QED) is 0.722. The fourth-order valence-corrected chi connectivity index (χ4v) is 1.43. The van der Waals surface area contributed by atoms with Gasteiger partial charge in [-0.15, -0.1) is 0 Å². The second-order valence-electron chi connectivity index (χ2n) is 3.34. The van der Waals surface area contributed by atoms with Crippen LogP contribution < -0.4 is 0 Å². The van der Waals surface area contributed by atoms with Gasteiger partial charge < -0.3 is 8.83 Å². The molecule has 0 unspecified atom stereocenters. The van der Waals surface area contributed by atoms with Crippen LogP contribution in [-0.4, -0.2) is 12.6 Å². The van der Waals surface area contributed by atoms with E-state index < -0.39 is 0 Å². The first-order chi connectivity index (χ1) is 7.81. The van der Waals surface area contributed by atoms with E-state index in [0.29, 0.717) is 36.9 Å². The summed E-state index contributed by atoms with van der Waals surface area (Å²) in [7, 11) is 0. The van der Waals surface area contributed by atoms with Crippen LogP contribution >= 0.6 is 0 Å². The predicted octanol–water partition coefficient (Wildman–Crippen LogP) is 2.28. The van der Waals surface area contributed by atoms with E-state index in [1.165, 1.54) is 0 Å². The molecule has 4 nitrogen and oxygen atoms in total. The maximum atomic E-state index is 10.4. The van der Waals surface area contributed by atoms with Gasteiger partial charge in [-0.1, -0.05) is 0 Å². The largest absolute Gasteiger partial charge is 0.458 e. The number of hydrogen-bond acceptors (Lipinski definition) is 4. The highest BCUT2D eigenvalue weighted by Gasteiger charge is 2.04. The van der Waals surface area contributed by atoms with E-state index >= 15 is 0 Å².